The molecule has 11 nitrogen and oxygen atoms in total. The number of methoxy groups -OCH3 is 2. The van der Waals surface area contributed by atoms with Gasteiger partial charge in [0.1, 0.15) is 23.4 Å². The predicted molar refractivity (Wildman–Crippen MR) is 121 cm³/mol. The number of benzene rings is 2. The molecule has 34 heavy (non-hydrogen) atoms. The summed E-state index contributed by atoms with van der Waals surface area (Å²) in [7, 11) is -1.01. The zero-order chi connectivity index (χ0) is 24.9. The van der Waals surface area contributed by atoms with Crippen LogP contribution in [0, 0.1) is 11.5 Å². The fourth-order valence-corrected chi connectivity index (χ4v) is 4.11. The van der Waals surface area contributed by atoms with Crippen LogP contribution in [0.2, 0.25) is 0 Å². The Morgan fingerprint density at radius 2 is 1.88 bits per heavy atom. The summed E-state index contributed by atoms with van der Waals surface area (Å²) in [5.41, 5.74) is -1.09. The van der Waals surface area contributed by atoms with E-state index in [0.717, 1.165) is 6.26 Å². The fourth-order valence-electron chi connectivity index (χ4n) is 3.66. The Bertz CT molecular complexity index is 1180. The van der Waals surface area contributed by atoms with Crippen molar-refractivity contribution < 1.29 is 36.7 Å². The van der Waals surface area contributed by atoms with Crippen molar-refractivity contribution in [3.8, 4) is 23.4 Å². The molecule has 0 spiro atoms. The first-order valence-corrected chi connectivity index (χ1v) is 11.8. The van der Waals surface area contributed by atoms with Gasteiger partial charge in [0, 0.05) is 19.8 Å². The van der Waals surface area contributed by atoms with E-state index in [-0.39, 0.29) is 11.8 Å². The van der Waals surface area contributed by atoms with Crippen molar-refractivity contribution in [2.75, 3.05) is 20.5 Å². The molecule has 182 valence electrons. The lowest BCUT2D eigenvalue weighted by molar-refractivity contribution is -0.238. The third-order valence-corrected chi connectivity index (χ3v) is 5.58. The van der Waals surface area contributed by atoms with Crippen LogP contribution in [0.25, 0.3) is 0 Å². The first-order chi connectivity index (χ1) is 16.1. The average molecular weight is 492 g/mol. The van der Waals surface area contributed by atoms with E-state index < -0.39 is 34.2 Å². The number of ether oxygens (including phenoxy) is 4. The van der Waals surface area contributed by atoms with Gasteiger partial charge in [-0.2, -0.15) is 13.7 Å². The Hall–Kier alpha value is -3.37. The molecule has 0 unspecified atom stereocenters. The van der Waals surface area contributed by atoms with Crippen LogP contribution in [0.15, 0.2) is 53.5 Å². The maximum atomic E-state index is 11.6. The highest BCUT2D eigenvalue weighted by Crippen LogP contribution is 2.43. The molecule has 3 atom stereocenters. The zero-order valence-electron chi connectivity index (χ0n) is 19.0. The molecule has 0 aliphatic carbocycles. The van der Waals surface area contributed by atoms with Crippen molar-refractivity contribution in [2.24, 2.45) is 4.99 Å². The van der Waals surface area contributed by atoms with Crippen LogP contribution in [0.3, 0.4) is 0 Å². The van der Waals surface area contributed by atoms with Gasteiger partial charge in [0.15, 0.2) is 11.9 Å². The molecule has 1 aliphatic heterocycles. The minimum atomic E-state index is -3.81. The third kappa shape index (κ3) is 5.57. The van der Waals surface area contributed by atoms with E-state index in [1.54, 1.807) is 43.4 Å². The van der Waals surface area contributed by atoms with Crippen molar-refractivity contribution in [3.63, 3.8) is 0 Å². The molecular formula is C22H25N3O8S. The summed E-state index contributed by atoms with van der Waals surface area (Å²) >= 11 is 0. The van der Waals surface area contributed by atoms with E-state index in [2.05, 4.69) is 10.3 Å². The number of para-hydroxylation sites is 1. The van der Waals surface area contributed by atoms with Crippen LogP contribution in [-0.2, 0) is 19.6 Å². The molecule has 3 rings (SSSR count). The van der Waals surface area contributed by atoms with E-state index in [4.69, 9.17) is 23.1 Å². The van der Waals surface area contributed by atoms with Crippen LogP contribution >= 0.6 is 0 Å². The number of hydrogen-bond donors (Lipinski definition) is 2. The fraction of sp³-hybridized carbons (Fsp3) is 0.364. The largest absolute Gasteiger partial charge is 0.479 e. The molecule has 2 aromatic carbocycles. The van der Waals surface area contributed by atoms with Gasteiger partial charge in [-0.1, -0.05) is 18.2 Å². The van der Waals surface area contributed by atoms with Crippen LogP contribution in [-0.4, -0.2) is 58.0 Å². The van der Waals surface area contributed by atoms with Gasteiger partial charge in [-0.3, -0.25) is 0 Å². The summed E-state index contributed by atoms with van der Waals surface area (Å²) in [4.78, 5) is 3.68. The number of rotatable bonds is 7. The van der Waals surface area contributed by atoms with Crippen molar-refractivity contribution in [1.29, 1.82) is 5.26 Å². The van der Waals surface area contributed by atoms with Crippen LogP contribution in [0.1, 0.15) is 18.5 Å². The van der Waals surface area contributed by atoms with E-state index in [9.17, 15) is 18.8 Å². The lowest BCUT2D eigenvalue weighted by atomic mass is 9.84. The number of aliphatic imine (C=N–C) groups is 1. The quantitative estimate of drug-likeness (QED) is 0.193. The molecule has 0 saturated carbocycles. The van der Waals surface area contributed by atoms with Gasteiger partial charge >= 0.3 is 16.1 Å². The molecule has 2 N–H and O–H groups in total. The molecular weight excluding hydrogens is 466 g/mol. The molecule has 2 aromatic rings. The molecule has 0 bridgehead atoms. The standard InChI is InChI=1S/C22H25N3O8S/c1-22(20(29-2)30-3)19(26)18(25-21(24-13-23)31-14-8-6-5-7-9-14)16-12-15(33-34(4,27)28)10-11-17(16)32-22/h5-12,18-20,26H,1-4H3,(H,24,25)/t18-,19+,22-/m1/s1. The predicted octanol–water partition coefficient (Wildman–Crippen LogP) is 1.70. The number of nitriles is 1. The third-order valence-electron chi connectivity index (χ3n) is 5.08. The number of hydrogen-bond acceptors (Lipinski definition) is 10. The number of nitrogens with zero attached hydrogens (tertiary/aromatic N) is 2. The highest BCUT2D eigenvalue weighted by Gasteiger charge is 2.52. The number of fused-ring (bicyclic) bond motifs is 1. The maximum absolute atomic E-state index is 11.6. The Balaban J connectivity index is 2.06. The minimum absolute atomic E-state index is 0.00485. The van der Waals surface area contributed by atoms with E-state index in [1.807, 2.05) is 0 Å². The van der Waals surface area contributed by atoms with E-state index in [0.29, 0.717) is 17.1 Å². The second-order valence-corrected chi connectivity index (χ2v) is 9.15. The van der Waals surface area contributed by atoms with Gasteiger partial charge < -0.3 is 33.6 Å². The van der Waals surface area contributed by atoms with Crippen molar-refractivity contribution in [3.05, 3.63) is 54.1 Å². The highest BCUT2D eigenvalue weighted by atomic mass is 32.2. The number of aliphatic hydroxyl groups is 1. The first kappa shape index (κ1) is 25.3. The summed E-state index contributed by atoms with van der Waals surface area (Å²) < 4.78 is 50.7. The van der Waals surface area contributed by atoms with Gasteiger partial charge in [-0.15, -0.1) is 4.99 Å². The van der Waals surface area contributed by atoms with Gasteiger partial charge in [0.05, 0.1) is 12.3 Å². The molecule has 0 saturated heterocycles. The van der Waals surface area contributed by atoms with Crippen molar-refractivity contribution in [2.45, 2.75) is 31.0 Å². The Labute approximate surface area is 197 Å². The maximum Gasteiger partial charge on any atom is 0.306 e. The zero-order valence-corrected chi connectivity index (χ0v) is 19.8. The monoisotopic (exact) mass is 491 g/mol. The van der Waals surface area contributed by atoms with E-state index in [1.165, 1.54) is 32.4 Å². The average Bonchev–Trinajstić information content (AvgIpc) is 2.78. The summed E-state index contributed by atoms with van der Waals surface area (Å²) in [6, 6.07) is 11.7. The molecule has 1 heterocycles. The number of aliphatic hydroxyl groups excluding tert-OH is 1. The summed E-state index contributed by atoms with van der Waals surface area (Å²) in [5.74, 6) is 0.695. The Morgan fingerprint density at radius 1 is 1.21 bits per heavy atom. The highest BCUT2D eigenvalue weighted by molar-refractivity contribution is 7.86. The molecule has 0 radical (unpaired) electrons. The normalized spacial score (nSPS) is 22.3. The summed E-state index contributed by atoms with van der Waals surface area (Å²) in [6.45, 7) is 1.59. The first-order valence-electron chi connectivity index (χ1n) is 10.0. The van der Waals surface area contributed by atoms with Gasteiger partial charge in [0.2, 0.25) is 6.19 Å². The lowest BCUT2D eigenvalue weighted by Gasteiger charge is -2.46. The topological polar surface area (TPSA) is 149 Å². The van der Waals surface area contributed by atoms with Crippen LogP contribution in [0.5, 0.6) is 17.2 Å². The minimum Gasteiger partial charge on any atom is -0.479 e. The van der Waals surface area contributed by atoms with Gasteiger partial charge in [-0.05, 0) is 37.3 Å². The SMILES string of the molecule is COC(OC)[C@]1(C)Oc2ccc(OS(C)(=O)=O)cc2[C@@H](N/C(=N/C#N)Oc2ccccc2)[C@@H]1O. The second-order valence-electron chi connectivity index (χ2n) is 7.58. The summed E-state index contributed by atoms with van der Waals surface area (Å²) in [5, 5.41) is 23.5. The van der Waals surface area contributed by atoms with Crippen LogP contribution < -0.4 is 19.0 Å². The van der Waals surface area contributed by atoms with Crippen LogP contribution in [0.4, 0.5) is 0 Å². The molecule has 0 amide bonds. The molecule has 12 heteroatoms. The molecule has 0 aromatic heterocycles. The van der Waals surface area contributed by atoms with Crippen molar-refractivity contribution in [1.82, 2.24) is 5.32 Å². The second kappa shape index (κ2) is 10.3. The lowest BCUT2D eigenvalue weighted by Crippen LogP contribution is -2.62. The number of nitrogens with one attached hydrogen (secondary N) is 1. The Kier molecular flexibility index (Phi) is 7.63. The van der Waals surface area contributed by atoms with E-state index >= 15 is 0 Å². The smallest absolute Gasteiger partial charge is 0.306 e. The molecule has 0 fully saturated rings. The summed E-state index contributed by atoms with van der Waals surface area (Å²) in [6.07, 6.45) is 0.240. The molecule has 1 aliphatic rings. The van der Waals surface area contributed by atoms with Gasteiger partial charge in [0.25, 0.3) is 0 Å². The van der Waals surface area contributed by atoms with Crippen molar-refractivity contribution >= 4 is 16.1 Å². The number of amidine groups is 1. The van der Waals surface area contributed by atoms with Gasteiger partial charge in [-0.25, -0.2) is 0 Å². The Morgan fingerprint density at radius 3 is 2.47 bits per heavy atom.